The zero-order valence-electron chi connectivity index (χ0n) is 13.5. The molecule has 0 bridgehead atoms. The highest BCUT2D eigenvalue weighted by atomic mass is 16.2. The van der Waals surface area contributed by atoms with Gasteiger partial charge >= 0.3 is 0 Å². The van der Waals surface area contributed by atoms with Crippen molar-refractivity contribution >= 4 is 5.91 Å². The number of rotatable bonds is 3. The first-order valence-electron chi connectivity index (χ1n) is 8.20. The Morgan fingerprint density at radius 3 is 2.92 bits per heavy atom. The summed E-state index contributed by atoms with van der Waals surface area (Å²) in [6.07, 6.45) is 4.43. The molecule has 122 valence electrons. The summed E-state index contributed by atoms with van der Waals surface area (Å²) in [7, 11) is 0. The smallest absolute Gasteiger partial charge is 0.255 e. The summed E-state index contributed by atoms with van der Waals surface area (Å²) in [6, 6.07) is 11.8. The van der Waals surface area contributed by atoms with Crippen LogP contribution in [0.2, 0.25) is 0 Å². The van der Waals surface area contributed by atoms with Crippen molar-refractivity contribution in [2.45, 2.75) is 25.9 Å². The molecule has 6 nitrogen and oxygen atoms in total. The monoisotopic (exact) mass is 321 g/mol. The van der Waals surface area contributed by atoms with Gasteiger partial charge in [0.25, 0.3) is 5.91 Å². The molecular weight excluding hydrogens is 302 g/mol. The van der Waals surface area contributed by atoms with Crippen LogP contribution in [0.4, 0.5) is 0 Å². The third-order valence-electron chi connectivity index (χ3n) is 4.64. The summed E-state index contributed by atoms with van der Waals surface area (Å²) < 4.78 is 2.24. The van der Waals surface area contributed by atoms with Crippen LogP contribution in [-0.2, 0) is 6.54 Å². The van der Waals surface area contributed by atoms with E-state index >= 15 is 0 Å². The number of H-pyrrole nitrogens is 1. The Balaban J connectivity index is 1.73. The highest BCUT2D eigenvalue weighted by molar-refractivity contribution is 6.00. The molecule has 0 aliphatic carbocycles. The van der Waals surface area contributed by atoms with Gasteiger partial charge in [-0.2, -0.15) is 5.10 Å². The Morgan fingerprint density at radius 1 is 1.25 bits per heavy atom. The standard InChI is InChI=1S/C18H19N5O/c1-2-15-16-8-5-9-22(16)10-11-23(15)18(24)14-7-4-3-6-13(14)17-19-12-20-21-17/h3-9,12,15H,2,10-11H2,1H3,(H,19,20,21)/t15-/m1/s1. The molecule has 0 saturated carbocycles. The quantitative estimate of drug-likeness (QED) is 0.806. The third-order valence-corrected chi connectivity index (χ3v) is 4.64. The number of carbonyl (C=O) groups excluding carboxylic acids is 1. The predicted octanol–water partition coefficient (Wildman–Crippen LogP) is 2.88. The number of nitrogens with one attached hydrogen (secondary N) is 1. The van der Waals surface area contributed by atoms with Crippen LogP contribution < -0.4 is 0 Å². The molecule has 1 N–H and O–H groups in total. The number of aromatic nitrogens is 4. The summed E-state index contributed by atoms with van der Waals surface area (Å²) in [5.74, 6) is 0.661. The first-order valence-corrected chi connectivity index (χ1v) is 8.20. The number of nitrogens with zero attached hydrogens (tertiary/aromatic N) is 4. The second-order valence-corrected chi connectivity index (χ2v) is 5.93. The van der Waals surface area contributed by atoms with E-state index in [1.165, 1.54) is 12.0 Å². The summed E-state index contributed by atoms with van der Waals surface area (Å²) >= 11 is 0. The van der Waals surface area contributed by atoms with E-state index in [4.69, 9.17) is 0 Å². The summed E-state index contributed by atoms with van der Waals surface area (Å²) in [4.78, 5) is 19.4. The highest BCUT2D eigenvalue weighted by Gasteiger charge is 2.31. The molecule has 0 saturated heterocycles. The molecule has 3 aromatic rings. The van der Waals surface area contributed by atoms with Gasteiger partial charge in [-0.1, -0.05) is 25.1 Å². The Morgan fingerprint density at radius 2 is 2.12 bits per heavy atom. The van der Waals surface area contributed by atoms with E-state index in [2.05, 4.69) is 45.0 Å². The van der Waals surface area contributed by atoms with Gasteiger partial charge in [-0.05, 0) is 24.6 Å². The summed E-state index contributed by atoms with van der Waals surface area (Å²) in [5, 5.41) is 6.75. The SMILES string of the molecule is CC[C@@H]1c2cccn2CCN1C(=O)c1ccccc1-c1ncn[nH]1. The van der Waals surface area contributed by atoms with Crippen LogP contribution >= 0.6 is 0 Å². The fourth-order valence-corrected chi connectivity index (χ4v) is 3.50. The van der Waals surface area contributed by atoms with Crippen molar-refractivity contribution in [3.05, 3.63) is 60.2 Å². The molecule has 1 aliphatic rings. The predicted molar refractivity (Wildman–Crippen MR) is 90.3 cm³/mol. The molecule has 1 aliphatic heterocycles. The van der Waals surface area contributed by atoms with Crippen LogP contribution in [0.5, 0.6) is 0 Å². The molecule has 4 rings (SSSR count). The average molecular weight is 321 g/mol. The topological polar surface area (TPSA) is 66.8 Å². The molecule has 1 atom stereocenters. The van der Waals surface area contributed by atoms with Gasteiger partial charge in [0, 0.05) is 30.5 Å². The molecule has 24 heavy (non-hydrogen) atoms. The number of fused-ring (bicyclic) bond motifs is 1. The molecule has 1 amide bonds. The van der Waals surface area contributed by atoms with Crippen LogP contribution in [0.1, 0.15) is 35.4 Å². The van der Waals surface area contributed by atoms with E-state index in [-0.39, 0.29) is 11.9 Å². The Hall–Kier alpha value is -2.89. The lowest BCUT2D eigenvalue weighted by Gasteiger charge is -2.37. The number of hydrogen-bond acceptors (Lipinski definition) is 3. The van der Waals surface area contributed by atoms with Gasteiger partial charge in [-0.3, -0.25) is 9.89 Å². The molecule has 3 heterocycles. The van der Waals surface area contributed by atoms with Crippen LogP contribution in [0, 0.1) is 0 Å². The van der Waals surface area contributed by atoms with Gasteiger partial charge in [0.2, 0.25) is 0 Å². The first-order chi connectivity index (χ1) is 11.8. The van der Waals surface area contributed by atoms with E-state index < -0.39 is 0 Å². The minimum atomic E-state index is 0.0429. The third kappa shape index (κ3) is 2.31. The molecule has 0 spiro atoms. The van der Waals surface area contributed by atoms with Crippen LogP contribution in [0.25, 0.3) is 11.4 Å². The second-order valence-electron chi connectivity index (χ2n) is 5.93. The maximum absolute atomic E-state index is 13.3. The van der Waals surface area contributed by atoms with Crippen molar-refractivity contribution in [3.8, 4) is 11.4 Å². The zero-order valence-corrected chi connectivity index (χ0v) is 13.5. The Labute approximate surface area is 140 Å². The highest BCUT2D eigenvalue weighted by Crippen LogP contribution is 2.31. The van der Waals surface area contributed by atoms with Gasteiger partial charge < -0.3 is 9.47 Å². The fourth-order valence-electron chi connectivity index (χ4n) is 3.50. The lowest BCUT2D eigenvalue weighted by molar-refractivity contribution is 0.0618. The molecule has 0 radical (unpaired) electrons. The second kappa shape index (κ2) is 5.96. The summed E-state index contributed by atoms with van der Waals surface area (Å²) in [5.41, 5.74) is 2.65. The average Bonchev–Trinajstić information content (AvgIpc) is 3.31. The van der Waals surface area contributed by atoms with E-state index in [0.717, 1.165) is 18.5 Å². The maximum atomic E-state index is 13.3. The molecule has 0 unspecified atom stereocenters. The Kier molecular flexibility index (Phi) is 3.65. The molecule has 1 aromatic carbocycles. The van der Waals surface area contributed by atoms with Crippen molar-refractivity contribution in [1.29, 1.82) is 0 Å². The van der Waals surface area contributed by atoms with Crippen molar-refractivity contribution in [2.24, 2.45) is 0 Å². The Bertz CT molecular complexity index is 852. The normalized spacial score (nSPS) is 16.9. The number of carbonyl (C=O) groups is 1. The van der Waals surface area contributed by atoms with Crippen molar-refractivity contribution in [3.63, 3.8) is 0 Å². The minimum absolute atomic E-state index is 0.0429. The van der Waals surface area contributed by atoms with E-state index in [0.29, 0.717) is 17.9 Å². The summed E-state index contributed by atoms with van der Waals surface area (Å²) in [6.45, 7) is 3.66. The van der Waals surface area contributed by atoms with Gasteiger partial charge in [0.1, 0.15) is 6.33 Å². The number of aromatic amines is 1. The van der Waals surface area contributed by atoms with Gasteiger partial charge in [-0.15, -0.1) is 0 Å². The lowest BCUT2D eigenvalue weighted by atomic mass is 10.0. The maximum Gasteiger partial charge on any atom is 0.255 e. The van der Waals surface area contributed by atoms with Gasteiger partial charge in [-0.25, -0.2) is 4.98 Å². The molecule has 2 aromatic heterocycles. The zero-order chi connectivity index (χ0) is 16.5. The number of hydrogen-bond donors (Lipinski definition) is 1. The van der Waals surface area contributed by atoms with E-state index in [9.17, 15) is 4.79 Å². The first kappa shape index (κ1) is 14.7. The molecule has 6 heteroatoms. The van der Waals surface area contributed by atoms with Crippen LogP contribution in [0.3, 0.4) is 0 Å². The minimum Gasteiger partial charge on any atom is -0.348 e. The van der Waals surface area contributed by atoms with Crippen LogP contribution in [-0.4, -0.2) is 37.1 Å². The lowest BCUT2D eigenvalue weighted by Crippen LogP contribution is -2.41. The van der Waals surface area contributed by atoms with Crippen molar-refractivity contribution < 1.29 is 4.79 Å². The fraction of sp³-hybridized carbons (Fsp3) is 0.278. The van der Waals surface area contributed by atoms with E-state index in [1.54, 1.807) is 0 Å². The molecular formula is C18H19N5O. The van der Waals surface area contributed by atoms with Gasteiger partial charge in [0.05, 0.1) is 11.6 Å². The molecule has 0 fully saturated rings. The van der Waals surface area contributed by atoms with E-state index in [1.807, 2.05) is 29.2 Å². The van der Waals surface area contributed by atoms with Gasteiger partial charge in [0.15, 0.2) is 5.82 Å². The van der Waals surface area contributed by atoms with Crippen molar-refractivity contribution in [1.82, 2.24) is 24.6 Å². The number of amides is 1. The largest absolute Gasteiger partial charge is 0.348 e. The van der Waals surface area contributed by atoms with Crippen molar-refractivity contribution in [2.75, 3.05) is 6.54 Å². The number of benzene rings is 1. The van der Waals surface area contributed by atoms with Crippen LogP contribution in [0.15, 0.2) is 48.9 Å².